The highest BCUT2D eigenvalue weighted by molar-refractivity contribution is 9.10. The maximum Gasteiger partial charge on any atom is 0.264 e. The third-order valence-corrected chi connectivity index (χ3v) is 4.69. The molecule has 1 atom stereocenters. The molecule has 1 unspecified atom stereocenters. The molecular formula is C20H15BrN2O2. The van der Waals surface area contributed by atoms with E-state index >= 15 is 0 Å². The number of benzene rings is 3. The molecule has 124 valence electrons. The van der Waals surface area contributed by atoms with Gasteiger partial charge in [0, 0.05) is 15.8 Å². The monoisotopic (exact) mass is 394 g/mol. The first-order valence-corrected chi connectivity index (χ1v) is 8.66. The molecule has 5 heteroatoms. The molecule has 1 heterocycles. The maximum atomic E-state index is 13.1. The predicted molar refractivity (Wildman–Crippen MR) is 102 cm³/mol. The van der Waals surface area contributed by atoms with Crippen molar-refractivity contribution in [1.82, 2.24) is 0 Å². The van der Waals surface area contributed by atoms with Crippen molar-refractivity contribution < 1.29 is 9.90 Å². The van der Waals surface area contributed by atoms with Gasteiger partial charge in [0.15, 0.2) is 0 Å². The van der Waals surface area contributed by atoms with Gasteiger partial charge in [0.25, 0.3) is 5.91 Å². The van der Waals surface area contributed by atoms with Crippen LogP contribution in [0.5, 0.6) is 0 Å². The third-order valence-electron chi connectivity index (χ3n) is 4.20. The van der Waals surface area contributed by atoms with Gasteiger partial charge in [-0.2, -0.15) is 0 Å². The van der Waals surface area contributed by atoms with Crippen molar-refractivity contribution in [3.05, 3.63) is 88.9 Å². The average Bonchev–Trinajstić information content (AvgIpc) is 2.64. The molecule has 0 bridgehead atoms. The second-order valence-corrected chi connectivity index (χ2v) is 6.64. The molecule has 4 rings (SSSR count). The SMILES string of the molecule is O=C1c2cc(Br)ccc2N(c2ccccc2)C(O)N1c1ccccc1. The molecule has 3 aromatic carbocycles. The van der Waals surface area contributed by atoms with Crippen molar-refractivity contribution >= 4 is 38.9 Å². The van der Waals surface area contributed by atoms with Crippen molar-refractivity contribution in [1.29, 1.82) is 0 Å². The van der Waals surface area contributed by atoms with E-state index in [4.69, 9.17) is 0 Å². The van der Waals surface area contributed by atoms with Gasteiger partial charge in [0.1, 0.15) is 0 Å². The Morgan fingerprint density at radius 3 is 1.96 bits per heavy atom. The quantitative estimate of drug-likeness (QED) is 0.694. The molecule has 0 aliphatic carbocycles. The summed E-state index contributed by atoms with van der Waals surface area (Å²) in [6.45, 7) is 0. The summed E-state index contributed by atoms with van der Waals surface area (Å²) in [5, 5.41) is 11.0. The van der Waals surface area contributed by atoms with Crippen molar-refractivity contribution in [2.45, 2.75) is 6.35 Å². The lowest BCUT2D eigenvalue weighted by Gasteiger charge is -2.42. The predicted octanol–water partition coefficient (Wildman–Crippen LogP) is 4.52. The number of nitrogens with zero attached hydrogens (tertiary/aromatic N) is 2. The summed E-state index contributed by atoms with van der Waals surface area (Å²) >= 11 is 3.43. The zero-order valence-electron chi connectivity index (χ0n) is 13.2. The smallest absolute Gasteiger partial charge is 0.264 e. The van der Waals surface area contributed by atoms with E-state index < -0.39 is 6.35 Å². The minimum atomic E-state index is -1.13. The second kappa shape index (κ2) is 6.35. The number of halogens is 1. The number of para-hydroxylation sites is 2. The first-order chi connectivity index (χ1) is 12.2. The van der Waals surface area contributed by atoms with Crippen LogP contribution in [0.1, 0.15) is 10.4 Å². The molecule has 4 nitrogen and oxygen atoms in total. The molecule has 3 aromatic rings. The van der Waals surface area contributed by atoms with Gasteiger partial charge in [-0.15, -0.1) is 0 Å². The third kappa shape index (κ3) is 2.71. The van der Waals surface area contributed by atoms with E-state index in [2.05, 4.69) is 15.9 Å². The Kier molecular flexibility index (Phi) is 4.03. The molecule has 1 aliphatic rings. The number of aliphatic hydroxyl groups is 1. The van der Waals surface area contributed by atoms with E-state index in [0.29, 0.717) is 16.9 Å². The van der Waals surface area contributed by atoms with Crippen LogP contribution in [0.25, 0.3) is 0 Å². The molecule has 0 fully saturated rings. The summed E-state index contributed by atoms with van der Waals surface area (Å²) in [6.07, 6.45) is -1.13. The van der Waals surface area contributed by atoms with Gasteiger partial charge < -0.3 is 5.11 Å². The van der Waals surface area contributed by atoms with E-state index in [1.807, 2.05) is 72.8 Å². The Morgan fingerprint density at radius 1 is 0.800 bits per heavy atom. The largest absolute Gasteiger partial charge is 0.356 e. The van der Waals surface area contributed by atoms with Gasteiger partial charge in [0.05, 0.1) is 11.3 Å². The minimum Gasteiger partial charge on any atom is -0.356 e. The Bertz CT molecular complexity index is 915. The number of anilines is 3. The lowest BCUT2D eigenvalue weighted by Crippen LogP contribution is -2.53. The minimum absolute atomic E-state index is 0.234. The molecule has 25 heavy (non-hydrogen) atoms. The van der Waals surface area contributed by atoms with Gasteiger partial charge >= 0.3 is 0 Å². The number of amides is 1. The normalized spacial score (nSPS) is 16.7. The molecular weight excluding hydrogens is 380 g/mol. The topological polar surface area (TPSA) is 43.8 Å². The molecule has 1 N–H and O–H groups in total. The van der Waals surface area contributed by atoms with Gasteiger partial charge in [0.2, 0.25) is 6.35 Å². The lowest BCUT2D eigenvalue weighted by atomic mass is 10.1. The van der Waals surface area contributed by atoms with Crippen LogP contribution in [-0.4, -0.2) is 17.4 Å². The zero-order valence-corrected chi connectivity index (χ0v) is 14.8. The number of carbonyl (C=O) groups is 1. The van der Waals surface area contributed by atoms with Crippen LogP contribution in [-0.2, 0) is 0 Å². The fraction of sp³-hybridized carbons (Fsp3) is 0.0500. The second-order valence-electron chi connectivity index (χ2n) is 5.72. The van der Waals surface area contributed by atoms with Crippen LogP contribution in [0, 0.1) is 0 Å². The molecule has 0 saturated heterocycles. The van der Waals surface area contributed by atoms with Crippen LogP contribution in [0.3, 0.4) is 0 Å². The molecule has 0 spiro atoms. The van der Waals surface area contributed by atoms with E-state index in [1.165, 1.54) is 4.90 Å². The highest BCUT2D eigenvalue weighted by Gasteiger charge is 2.38. The Morgan fingerprint density at radius 2 is 1.36 bits per heavy atom. The maximum absolute atomic E-state index is 13.1. The van der Waals surface area contributed by atoms with E-state index in [-0.39, 0.29) is 5.91 Å². The zero-order chi connectivity index (χ0) is 17.4. The fourth-order valence-corrected chi connectivity index (χ4v) is 3.43. The van der Waals surface area contributed by atoms with Crippen LogP contribution < -0.4 is 9.80 Å². The highest BCUT2D eigenvalue weighted by atomic mass is 79.9. The van der Waals surface area contributed by atoms with Gasteiger partial charge in [-0.3, -0.25) is 14.6 Å². The van der Waals surface area contributed by atoms with Gasteiger partial charge in [-0.25, -0.2) is 0 Å². The van der Waals surface area contributed by atoms with Crippen molar-refractivity contribution in [2.75, 3.05) is 9.80 Å². The standard InChI is InChI=1S/C20H15BrN2O2/c21-14-11-12-18-17(13-14)19(24)23(16-9-5-2-6-10-16)20(25)22(18)15-7-3-1-4-8-15/h1-13,20,25H. The summed E-state index contributed by atoms with van der Waals surface area (Å²) in [6, 6.07) is 24.2. The van der Waals surface area contributed by atoms with Crippen LogP contribution in [0.15, 0.2) is 83.3 Å². The number of hydrogen-bond donors (Lipinski definition) is 1. The molecule has 1 amide bonds. The van der Waals surface area contributed by atoms with Crippen molar-refractivity contribution in [3.8, 4) is 0 Å². The summed E-state index contributed by atoms with van der Waals surface area (Å²) < 4.78 is 0.817. The Labute approximate surface area is 154 Å². The van der Waals surface area contributed by atoms with Crippen LogP contribution in [0.4, 0.5) is 17.1 Å². The van der Waals surface area contributed by atoms with Crippen LogP contribution in [0.2, 0.25) is 0 Å². The number of carbonyl (C=O) groups excluding carboxylic acids is 1. The number of aliphatic hydroxyl groups excluding tert-OH is 1. The Balaban J connectivity index is 1.92. The Hall–Kier alpha value is -2.63. The van der Waals surface area contributed by atoms with Gasteiger partial charge in [-0.05, 0) is 42.5 Å². The summed E-state index contributed by atoms with van der Waals surface area (Å²) in [5.41, 5.74) is 2.67. The van der Waals surface area contributed by atoms with E-state index in [9.17, 15) is 9.90 Å². The average molecular weight is 395 g/mol. The van der Waals surface area contributed by atoms with Crippen molar-refractivity contribution in [3.63, 3.8) is 0 Å². The van der Waals surface area contributed by atoms with Crippen LogP contribution >= 0.6 is 15.9 Å². The van der Waals surface area contributed by atoms with Crippen molar-refractivity contribution in [2.24, 2.45) is 0 Å². The van der Waals surface area contributed by atoms with E-state index in [0.717, 1.165) is 10.2 Å². The summed E-state index contributed by atoms with van der Waals surface area (Å²) in [7, 11) is 0. The van der Waals surface area contributed by atoms with E-state index in [1.54, 1.807) is 11.0 Å². The lowest BCUT2D eigenvalue weighted by molar-refractivity contribution is 0.0875. The number of rotatable bonds is 2. The fourth-order valence-electron chi connectivity index (χ4n) is 3.06. The number of hydrogen-bond acceptors (Lipinski definition) is 3. The summed E-state index contributed by atoms with van der Waals surface area (Å²) in [5.74, 6) is -0.234. The first-order valence-electron chi connectivity index (χ1n) is 7.87. The number of fused-ring (bicyclic) bond motifs is 1. The molecule has 0 saturated carbocycles. The molecule has 1 aliphatic heterocycles. The van der Waals surface area contributed by atoms with Gasteiger partial charge in [-0.1, -0.05) is 52.3 Å². The summed E-state index contributed by atoms with van der Waals surface area (Å²) in [4.78, 5) is 16.2. The molecule has 0 radical (unpaired) electrons. The molecule has 0 aromatic heterocycles. The highest BCUT2D eigenvalue weighted by Crippen LogP contribution is 2.39. The first kappa shape index (κ1) is 15.9.